The first-order valence-corrected chi connectivity index (χ1v) is 9.41. The van der Waals surface area contributed by atoms with E-state index in [1.807, 2.05) is 24.3 Å². The Balaban J connectivity index is 1.59. The fourth-order valence-corrected chi connectivity index (χ4v) is 3.90. The predicted molar refractivity (Wildman–Crippen MR) is 97.3 cm³/mol. The van der Waals surface area contributed by atoms with Gasteiger partial charge in [0.25, 0.3) is 5.91 Å². The fourth-order valence-electron chi connectivity index (χ4n) is 3.90. The van der Waals surface area contributed by atoms with Gasteiger partial charge < -0.3 is 15.3 Å². The van der Waals surface area contributed by atoms with E-state index in [1.165, 1.54) is 6.42 Å². The molecule has 3 rings (SSSR count). The number of anilines is 1. The minimum absolute atomic E-state index is 0.169. The molecule has 2 fully saturated rings. The molecule has 25 heavy (non-hydrogen) atoms. The van der Waals surface area contributed by atoms with Crippen LogP contribution in [0.2, 0.25) is 0 Å². The van der Waals surface area contributed by atoms with E-state index in [-0.39, 0.29) is 17.9 Å². The largest absolute Gasteiger partial charge is 0.393 e. The van der Waals surface area contributed by atoms with Crippen LogP contribution in [0.4, 0.5) is 5.69 Å². The molecule has 1 atom stereocenters. The van der Waals surface area contributed by atoms with E-state index in [0.717, 1.165) is 57.3 Å². The highest BCUT2D eigenvalue weighted by Crippen LogP contribution is 2.26. The highest BCUT2D eigenvalue weighted by atomic mass is 16.3. The Labute approximate surface area is 149 Å². The molecule has 1 aromatic carbocycles. The maximum atomic E-state index is 12.5. The van der Waals surface area contributed by atoms with Gasteiger partial charge in [0.05, 0.1) is 12.2 Å². The predicted octanol–water partition coefficient (Wildman–Crippen LogP) is 2.85. The second kappa shape index (κ2) is 8.35. The van der Waals surface area contributed by atoms with Gasteiger partial charge >= 0.3 is 0 Å². The van der Waals surface area contributed by atoms with E-state index in [9.17, 15) is 15.2 Å². The molecule has 1 aliphatic carbocycles. The minimum Gasteiger partial charge on any atom is -0.393 e. The number of hydrogen-bond donors (Lipinski definition) is 2. The lowest BCUT2D eigenvalue weighted by Crippen LogP contribution is -2.40. The summed E-state index contributed by atoms with van der Waals surface area (Å²) in [6.07, 6.45) is 6.97. The third-order valence-electron chi connectivity index (χ3n) is 5.51. The fraction of sp³-hybridized carbons (Fsp3) is 0.600. The molecule has 0 aromatic heterocycles. The van der Waals surface area contributed by atoms with E-state index in [1.54, 1.807) is 0 Å². The number of amides is 1. The summed E-state index contributed by atoms with van der Waals surface area (Å²) in [5, 5.41) is 21.9. The Bertz CT molecular complexity index is 609. The molecule has 5 heteroatoms. The Kier molecular flexibility index (Phi) is 5.93. The van der Waals surface area contributed by atoms with Crippen molar-refractivity contribution in [3.8, 4) is 6.07 Å². The first-order valence-electron chi connectivity index (χ1n) is 9.41. The summed E-state index contributed by atoms with van der Waals surface area (Å²) in [7, 11) is 0. The molecular formula is C20H27N3O2. The first kappa shape index (κ1) is 17.8. The topological polar surface area (TPSA) is 76.4 Å². The Morgan fingerprint density at radius 3 is 2.36 bits per heavy atom. The molecule has 1 aromatic rings. The summed E-state index contributed by atoms with van der Waals surface area (Å²) < 4.78 is 0. The van der Waals surface area contributed by atoms with Crippen LogP contribution in [0.5, 0.6) is 0 Å². The Morgan fingerprint density at radius 2 is 1.76 bits per heavy atom. The number of hydrogen-bond acceptors (Lipinski definition) is 4. The van der Waals surface area contributed by atoms with Crippen molar-refractivity contribution in [2.75, 3.05) is 18.0 Å². The van der Waals surface area contributed by atoms with Crippen LogP contribution in [0, 0.1) is 17.2 Å². The number of rotatable bonds is 4. The Morgan fingerprint density at radius 1 is 1.12 bits per heavy atom. The van der Waals surface area contributed by atoms with Gasteiger partial charge in [-0.1, -0.05) is 19.3 Å². The maximum Gasteiger partial charge on any atom is 0.252 e. The molecule has 0 radical (unpaired) electrons. The SMILES string of the molecule is N#CC(NC(=O)c1ccc(N2CCC(O)CC2)cc1)C1CCCCC1. The van der Waals surface area contributed by atoms with Crippen LogP contribution in [-0.4, -0.2) is 36.2 Å². The second-order valence-electron chi connectivity index (χ2n) is 7.24. The standard InChI is InChI=1S/C20H27N3O2/c21-14-19(15-4-2-1-3-5-15)22-20(25)16-6-8-17(9-7-16)23-12-10-18(24)11-13-23/h6-9,15,18-19,24H,1-5,10-13H2,(H,22,25). The van der Waals surface area contributed by atoms with Crippen LogP contribution in [0.25, 0.3) is 0 Å². The van der Waals surface area contributed by atoms with Gasteiger partial charge in [-0.15, -0.1) is 0 Å². The number of nitriles is 1. The highest BCUT2D eigenvalue weighted by molar-refractivity contribution is 5.94. The number of nitrogens with one attached hydrogen (secondary N) is 1. The van der Waals surface area contributed by atoms with Gasteiger partial charge in [0.15, 0.2) is 0 Å². The molecular weight excluding hydrogens is 314 g/mol. The van der Waals surface area contributed by atoms with Crippen molar-refractivity contribution in [2.45, 2.75) is 57.1 Å². The summed E-state index contributed by atoms with van der Waals surface area (Å²) in [6.45, 7) is 1.68. The van der Waals surface area contributed by atoms with E-state index < -0.39 is 6.04 Å². The number of aliphatic hydroxyl groups is 1. The zero-order valence-corrected chi connectivity index (χ0v) is 14.7. The Hall–Kier alpha value is -2.06. The summed E-state index contributed by atoms with van der Waals surface area (Å²) >= 11 is 0. The van der Waals surface area contributed by atoms with Gasteiger partial charge in [-0.25, -0.2) is 0 Å². The van der Waals surface area contributed by atoms with Gasteiger partial charge in [-0.2, -0.15) is 5.26 Å². The molecule has 1 saturated carbocycles. The molecule has 5 nitrogen and oxygen atoms in total. The monoisotopic (exact) mass is 341 g/mol. The number of benzene rings is 1. The lowest BCUT2D eigenvalue weighted by atomic mass is 9.84. The summed E-state index contributed by atoms with van der Waals surface area (Å²) in [5.41, 5.74) is 1.67. The lowest BCUT2D eigenvalue weighted by molar-refractivity contribution is 0.0929. The van der Waals surface area contributed by atoms with Crippen molar-refractivity contribution < 1.29 is 9.90 Å². The molecule has 0 spiro atoms. The summed E-state index contributed by atoms with van der Waals surface area (Å²) in [5.74, 6) is 0.111. The summed E-state index contributed by atoms with van der Waals surface area (Å²) in [6, 6.07) is 9.44. The summed E-state index contributed by atoms with van der Waals surface area (Å²) in [4.78, 5) is 14.7. The van der Waals surface area contributed by atoms with Crippen molar-refractivity contribution in [3.63, 3.8) is 0 Å². The molecule has 1 heterocycles. The van der Waals surface area contributed by atoms with Gasteiger partial charge in [-0.05, 0) is 55.9 Å². The van der Waals surface area contributed by atoms with E-state index in [2.05, 4.69) is 16.3 Å². The molecule has 1 amide bonds. The van der Waals surface area contributed by atoms with Gasteiger partial charge in [0.1, 0.15) is 6.04 Å². The van der Waals surface area contributed by atoms with Gasteiger partial charge in [0.2, 0.25) is 0 Å². The maximum absolute atomic E-state index is 12.5. The van der Waals surface area contributed by atoms with Crippen LogP contribution in [0.1, 0.15) is 55.3 Å². The number of nitrogens with zero attached hydrogens (tertiary/aromatic N) is 2. The van der Waals surface area contributed by atoms with Crippen molar-refractivity contribution in [1.82, 2.24) is 5.32 Å². The van der Waals surface area contributed by atoms with Crippen LogP contribution in [-0.2, 0) is 0 Å². The van der Waals surface area contributed by atoms with Crippen molar-refractivity contribution in [3.05, 3.63) is 29.8 Å². The molecule has 134 valence electrons. The number of piperidine rings is 1. The molecule has 1 unspecified atom stereocenters. The molecule has 1 aliphatic heterocycles. The zero-order valence-electron chi connectivity index (χ0n) is 14.7. The third kappa shape index (κ3) is 4.52. The normalized spacial score (nSPS) is 20.7. The van der Waals surface area contributed by atoms with Crippen LogP contribution in [0.15, 0.2) is 24.3 Å². The van der Waals surface area contributed by atoms with Crippen molar-refractivity contribution in [2.24, 2.45) is 5.92 Å². The lowest BCUT2D eigenvalue weighted by Gasteiger charge is -2.31. The van der Waals surface area contributed by atoms with E-state index in [4.69, 9.17) is 0 Å². The average molecular weight is 341 g/mol. The minimum atomic E-state index is -0.393. The second-order valence-corrected chi connectivity index (χ2v) is 7.24. The molecule has 1 saturated heterocycles. The zero-order chi connectivity index (χ0) is 17.6. The average Bonchev–Trinajstić information content (AvgIpc) is 2.67. The smallest absolute Gasteiger partial charge is 0.252 e. The van der Waals surface area contributed by atoms with Crippen LogP contribution in [0.3, 0.4) is 0 Å². The van der Waals surface area contributed by atoms with Crippen molar-refractivity contribution in [1.29, 1.82) is 5.26 Å². The van der Waals surface area contributed by atoms with E-state index >= 15 is 0 Å². The third-order valence-corrected chi connectivity index (χ3v) is 5.51. The van der Waals surface area contributed by atoms with Crippen LogP contribution >= 0.6 is 0 Å². The highest BCUT2D eigenvalue weighted by Gasteiger charge is 2.25. The van der Waals surface area contributed by atoms with E-state index in [0.29, 0.717) is 5.56 Å². The first-order chi connectivity index (χ1) is 12.2. The van der Waals surface area contributed by atoms with Gasteiger partial charge in [-0.3, -0.25) is 4.79 Å². The number of aliphatic hydroxyl groups excluding tert-OH is 1. The van der Waals surface area contributed by atoms with Crippen LogP contribution < -0.4 is 10.2 Å². The number of carbonyl (C=O) groups is 1. The quantitative estimate of drug-likeness (QED) is 0.883. The molecule has 2 aliphatic rings. The molecule has 0 bridgehead atoms. The number of carbonyl (C=O) groups excluding carboxylic acids is 1. The van der Waals surface area contributed by atoms with Gasteiger partial charge in [0, 0.05) is 24.3 Å². The molecule has 2 N–H and O–H groups in total. The van der Waals surface area contributed by atoms with Crippen molar-refractivity contribution >= 4 is 11.6 Å².